The third-order valence-electron chi connectivity index (χ3n) is 9.15. The van der Waals surface area contributed by atoms with Gasteiger partial charge < -0.3 is 31.5 Å². The molecule has 4 atom stereocenters. The monoisotopic (exact) mass is 614 g/mol. The number of nitrogens with two attached hydrogens (primary N) is 1. The Kier molecular flexibility index (Phi) is 6.90. The number of carbonyl (C=O) groups excluding carboxylic acids is 3. The highest BCUT2D eigenvalue weighted by molar-refractivity contribution is 6.24. The first-order valence-electron chi connectivity index (χ1n) is 14.2. The fourth-order valence-electron chi connectivity index (χ4n) is 7.11. The molecule has 1 fully saturated rings. The predicted molar refractivity (Wildman–Crippen MR) is 162 cm³/mol. The number of phenols is 1. The van der Waals surface area contributed by atoms with E-state index in [9.17, 15) is 44.9 Å². The minimum Gasteiger partial charge on any atom is -0.508 e. The summed E-state index contributed by atoms with van der Waals surface area (Å²) < 4.78 is 0. The first-order valence-corrected chi connectivity index (χ1v) is 14.2. The number of benzene rings is 2. The molecular formula is C32H30N4O9. The van der Waals surface area contributed by atoms with Crippen molar-refractivity contribution in [3.8, 4) is 5.75 Å². The molecule has 4 aliphatic carbocycles. The quantitative estimate of drug-likeness (QED) is 0.120. The van der Waals surface area contributed by atoms with Crippen LogP contribution >= 0.6 is 0 Å². The smallest absolute Gasteiger partial charge is 0.270 e. The Hall–Kier alpha value is -5.27. The maximum absolute atomic E-state index is 14.0. The Morgan fingerprint density at radius 3 is 2.56 bits per heavy atom. The third kappa shape index (κ3) is 4.42. The Labute approximate surface area is 256 Å². The Morgan fingerprint density at radius 1 is 1.16 bits per heavy atom. The minimum absolute atomic E-state index is 0.00546. The van der Waals surface area contributed by atoms with E-state index in [-0.39, 0.29) is 41.1 Å². The largest absolute Gasteiger partial charge is 0.508 e. The van der Waals surface area contributed by atoms with E-state index in [1.165, 1.54) is 17.0 Å². The third-order valence-corrected chi connectivity index (χ3v) is 9.15. The number of ketones is 2. The number of amides is 1. The number of likely N-dealkylation sites (N-methyl/N-ethyl adjacent to an activating group) is 1. The molecule has 1 saturated carbocycles. The Morgan fingerprint density at radius 2 is 1.89 bits per heavy atom. The van der Waals surface area contributed by atoms with E-state index in [0.29, 0.717) is 23.2 Å². The van der Waals surface area contributed by atoms with Gasteiger partial charge in [0.2, 0.25) is 5.78 Å². The number of phenolic OH excluding ortho intramolecular Hbond substituents is 1. The van der Waals surface area contributed by atoms with Gasteiger partial charge in [-0.15, -0.1) is 0 Å². The lowest BCUT2D eigenvalue weighted by molar-refractivity contribution is -0.384. The molecule has 2 aromatic rings. The van der Waals surface area contributed by atoms with E-state index < -0.39 is 63.0 Å². The molecule has 1 amide bonds. The zero-order valence-corrected chi connectivity index (χ0v) is 24.3. The van der Waals surface area contributed by atoms with Crippen molar-refractivity contribution in [3.05, 3.63) is 98.0 Å². The molecule has 0 saturated heterocycles. The molecule has 0 spiro atoms. The highest BCUT2D eigenvalue weighted by Crippen LogP contribution is 2.53. The van der Waals surface area contributed by atoms with Crippen LogP contribution in [0.2, 0.25) is 0 Å². The predicted octanol–water partition coefficient (Wildman–Crippen LogP) is 2.66. The van der Waals surface area contributed by atoms with Crippen LogP contribution in [0.25, 0.3) is 11.3 Å². The van der Waals surface area contributed by atoms with Crippen molar-refractivity contribution >= 4 is 40.2 Å². The molecule has 0 aromatic heterocycles. The average Bonchev–Trinajstić information content (AvgIpc) is 3.45. The van der Waals surface area contributed by atoms with E-state index in [1.807, 2.05) is 6.08 Å². The molecule has 0 unspecified atom stereocenters. The first kappa shape index (κ1) is 29.8. The van der Waals surface area contributed by atoms with Crippen LogP contribution in [-0.2, 0) is 20.8 Å². The highest BCUT2D eigenvalue weighted by atomic mass is 16.6. The number of primary amides is 1. The summed E-state index contributed by atoms with van der Waals surface area (Å²) in [5, 5.41) is 59.8. The summed E-state index contributed by atoms with van der Waals surface area (Å²) in [5.74, 6) is -7.07. The molecule has 45 heavy (non-hydrogen) atoms. The number of nitro benzene ring substituents is 1. The zero-order chi connectivity index (χ0) is 32.5. The van der Waals surface area contributed by atoms with Crippen LogP contribution in [0.1, 0.15) is 29.5 Å². The van der Waals surface area contributed by atoms with Crippen LogP contribution in [0.5, 0.6) is 5.75 Å². The maximum Gasteiger partial charge on any atom is 0.270 e. The zero-order valence-electron chi connectivity index (χ0n) is 24.3. The summed E-state index contributed by atoms with van der Waals surface area (Å²) in [6, 6.07) is 8.37. The number of rotatable bonds is 6. The molecule has 6 rings (SSSR count). The molecule has 7 N–H and O–H groups in total. The van der Waals surface area contributed by atoms with Gasteiger partial charge in [0.1, 0.15) is 22.8 Å². The molecule has 2 aromatic carbocycles. The molecule has 232 valence electrons. The van der Waals surface area contributed by atoms with Crippen LogP contribution in [0.3, 0.4) is 0 Å². The van der Waals surface area contributed by atoms with Crippen LogP contribution in [0.15, 0.2) is 71.2 Å². The van der Waals surface area contributed by atoms with E-state index in [0.717, 1.165) is 5.57 Å². The first-order chi connectivity index (χ1) is 21.2. The van der Waals surface area contributed by atoms with Crippen LogP contribution in [0, 0.1) is 22.0 Å². The van der Waals surface area contributed by atoms with Crippen molar-refractivity contribution in [3.63, 3.8) is 0 Å². The molecule has 0 heterocycles. The van der Waals surface area contributed by atoms with Gasteiger partial charge >= 0.3 is 0 Å². The number of nitrogens with zero attached hydrogens (tertiary/aromatic N) is 2. The van der Waals surface area contributed by atoms with E-state index in [4.69, 9.17) is 5.73 Å². The second-order valence-corrected chi connectivity index (χ2v) is 11.9. The summed E-state index contributed by atoms with van der Waals surface area (Å²) in [6.07, 6.45) is 4.27. The second-order valence-electron chi connectivity index (χ2n) is 11.9. The lowest BCUT2D eigenvalue weighted by atomic mass is 9.57. The number of allylic oxidation sites excluding steroid dienone is 3. The van der Waals surface area contributed by atoms with Gasteiger partial charge in [0.25, 0.3) is 11.6 Å². The summed E-state index contributed by atoms with van der Waals surface area (Å²) in [6.45, 7) is 0. The molecule has 13 heteroatoms. The summed E-state index contributed by atoms with van der Waals surface area (Å²) >= 11 is 0. The lowest BCUT2D eigenvalue weighted by Gasteiger charge is -2.50. The Balaban J connectivity index is 1.36. The van der Waals surface area contributed by atoms with Gasteiger partial charge in [-0.1, -0.05) is 24.3 Å². The van der Waals surface area contributed by atoms with E-state index in [1.54, 1.807) is 44.4 Å². The van der Waals surface area contributed by atoms with E-state index >= 15 is 0 Å². The van der Waals surface area contributed by atoms with Gasteiger partial charge in [-0.3, -0.25) is 29.4 Å². The van der Waals surface area contributed by atoms with Crippen molar-refractivity contribution in [2.45, 2.75) is 30.9 Å². The standard InChI is InChI=1S/C32H30N4O9/c1-35(2)25-20-13-17-10-16-7-9-21(34-18-8-6-15(11-18)14-4-3-5-19(12-14)36(44)45)26(37)22(16)27(38)23(17)29(40)32(20,43)30(41)24(28(25)39)31(33)42/h3-7,9,11-12,17,20,25,34,37-38,41,43H,8,10,13H2,1-2H3,(H2,33,42)/t17-,20-,25-,32-/m0/s1. The number of nitrogens with one attached hydrogen (secondary N) is 1. The maximum atomic E-state index is 14.0. The summed E-state index contributed by atoms with van der Waals surface area (Å²) in [5.41, 5.74) is 4.28. The molecule has 4 aliphatic rings. The molecular weight excluding hydrogens is 584 g/mol. The van der Waals surface area contributed by atoms with Crippen LogP contribution in [-0.4, -0.2) is 73.5 Å². The van der Waals surface area contributed by atoms with Crippen molar-refractivity contribution in [2.75, 3.05) is 19.4 Å². The van der Waals surface area contributed by atoms with Crippen molar-refractivity contribution in [2.24, 2.45) is 17.6 Å². The van der Waals surface area contributed by atoms with Crippen LogP contribution in [0.4, 0.5) is 11.4 Å². The minimum atomic E-state index is -2.71. The van der Waals surface area contributed by atoms with Gasteiger partial charge in [0, 0.05) is 35.7 Å². The van der Waals surface area contributed by atoms with Gasteiger partial charge in [-0.2, -0.15) is 0 Å². The molecule has 0 bridgehead atoms. The average molecular weight is 615 g/mol. The number of aliphatic hydroxyl groups excluding tert-OH is 2. The summed E-state index contributed by atoms with van der Waals surface area (Å²) in [7, 11) is 3.09. The van der Waals surface area contributed by atoms with Crippen molar-refractivity contribution in [1.29, 1.82) is 0 Å². The number of anilines is 1. The number of nitro groups is 1. The van der Waals surface area contributed by atoms with Gasteiger partial charge in [0.05, 0.1) is 22.2 Å². The number of non-ortho nitro benzene ring substituents is 1. The van der Waals surface area contributed by atoms with Gasteiger partial charge in [-0.25, -0.2) is 0 Å². The van der Waals surface area contributed by atoms with Crippen LogP contribution < -0.4 is 11.1 Å². The van der Waals surface area contributed by atoms with Gasteiger partial charge in [-0.05, 0) is 61.7 Å². The number of hydrogen-bond donors (Lipinski definition) is 6. The highest BCUT2D eigenvalue weighted by Gasteiger charge is 2.64. The topological polar surface area (TPSA) is 217 Å². The van der Waals surface area contributed by atoms with Gasteiger partial charge in [0.15, 0.2) is 11.4 Å². The number of carbonyl (C=O) groups is 3. The molecule has 0 radical (unpaired) electrons. The fraction of sp³-hybridized carbons (Fsp3) is 0.281. The number of aromatic hydroxyl groups is 1. The number of fused-ring (bicyclic) bond motifs is 3. The molecule has 0 aliphatic heterocycles. The SMILES string of the molecule is CN(C)[C@@H]1C(=O)C(C(N)=O)=C(O)[C@@]2(O)C(=O)C3=C(O)c4c(ccc(NC5=CC(c6cccc([N+](=O)[O-])c6)=CC5)c4O)C[C@H]3C[C@@H]12. The number of Topliss-reactive ketones (excluding diaryl/α,β-unsaturated/α-hetero) is 2. The normalized spacial score (nSPS) is 25.8. The lowest BCUT2D eigenvalue weighted by Crippen LogP contribution is -2.65. The fourth-order valence-corrected chi connectivity index (χ4v) is 7.11. The Bertz CT molecular complexity index is 1850. The van der Waals surface area contributed by atoms with Crippen molar-refractivity contribution in [1.82, 2.24) is 4.90 Å². The number of hydrogen-bond acceptors (Lipinski definition) is 11. The molecule has 13 nitrogen and oxygen atoms in total. The number of aliphatic hydroxyl groups is 3. The summed E-state index contributed by atoms with van der Waals surface area (Å²) in [4.78, 5) is 51.5. The van der Waals surface area contributed by atoms with Crippen molar-refractivity contribution < 1.29 is 39.7 Å². The van der Waals surface area contributed by atoms with E-state index in [2.05, 4.69) is 5.32 Å². The second kappa shape index (κ2) is 10.4.